The number of thioether (sulfide) groups is 1. The van der Waals surface area contributed by atoms with E-state index in [2.05, 4.69) is 10.1 Å². The van der Waals surface area contributed by atoms with Gasteiger partial charge in [0.2, 0.25) is 0 Å². The van der Waals surface area contributed by atoms with Gasteiger partial charge >= 0.3 is 0 Å². The van der Waals surface area contributed by atoms with Gasteiger partial charge in [0.1, 0.15) is 0 Å². The van der Waals surface area contributed by atoms with Crippen LogP contribution in [0.4, 0.5) is 5.69 Å². The van der Waals surface area contributed by atoms with E-state index in [-0.39, 0.29) is 0 Å². The topological polar surface area (TPSA) is 64.9 Å². The van der Waals surface area contributed by atoms with Crippen molar-refractivity contribution in [2.45, 2.75) is 10.6 Å². The molecule has 0 atom stereocenters. The Kier molecular flexibility index (Phi) is 3.95. The van der Waals surface area contributed by atoms with Crippen molar-refractivity contribution in [1.29, 1.82) is 0 Å². The zero-order valence-electron chi connectivity index (χ0n) is 10.2. The van der Waals surface area contributed by atoms with Gasteiger partial charge in [-0.3, -0.25) is 0 Å². The Bertz CT molecular complexity index is 712. The molecule has 0 radical (unpaired) electrons. The summed E-state index contributed by atoms with van der Waals surface area (Å²) in [5.41, 5.74) is 6.43. The minimum absolute atomic E-state index is 0.550. The fourth-order valence-corrected chi connectivity index (χ4v) is 3.34. The molecule has 2 N–H and O–H groups in total. The molecule has 20 heavy (non-hydrogen) atoms. The maximum absolute atomic E-state index is 6.11. The van der Waals surface area contributed by atoms with E-state index in [0.29, 0.717) is 28.2 Å². The average Bonchev–Trinajstić information content (AvgIpc) is 3.09. The fraction of sp³-hybridized carbons (Fsp3) is 0.0769. The molecule has 3 rings (SSSR count). The van der Waals surface area contributed by atoms with Crippen molar-refractivity contribution in [3.63, 3.8) is 0 Å². The smallest absolute Gasteiger partial charge is 0.268 e. The van der Waals surface area contributed by atoms with Gasteiger partial charge in [-0.15, -0.1) is 23.1 Å². The Balaban J connectivity index is 1.71. The second-order valence-electron chi connectivity index (χ2n) is 3.97. The van der Waals surface area contributed by atoms with Gasteiger partial charge < -0.3 is 10.3 Å². The first-order chi connectivity index (χ1) is 9.72. The number of nitrogens with zero attached hydrogens (tertiary/aromatic N) is 2. The van der Waals surface area contributed by atoms with Crippen LogP contribution in [0.2, 0.25) is 5.02 Å². The molecule has 2 aromatic heterocycles. The van der Waals surface area contributed by atoms with Crippen LogP contribution >= 0.6 is 34.7 Å². The second-order valence-corrected chi connectivity index (χ2v) is 6.34. The number of thiophene rings is 1. The third kappa shape index (κ3) is 2.98. The third-order valence-electron chi connectivity index (χ3n) is 2.51. The highest BCUT2D eigenvalue weighted by molar-refractivity contribution is 7.98. The fourth-order valence-electron chi connectivity index (χ4n) is 1.59. The van der Waals surface area contributed by atoms with Crippen LogP contribution in [-0.2, 0) is 5.75 Å². The second kappa shape index (κ2) is 5.87. The molecule has 3 aromatic rings. The van der Waals surface area contributed by atoms with Crippen LogP contribution in [0.25, 0.3) is 10.8 Å². The summed E-state index contributed by atoms with van der Waals surface area (Å²) < 4.78 is 5.23. The molecule has 0 amide bonds. The summed E-state index contributed by atoms with van der Waals surface area (Å²) in [6.45, 7) is 0. The Hall–Kier alpha value is -1.50. The van der Waals surface area contributed by atoms with Crippen molar-refractivity contribution in [3.05, 3.63) is 46.6 Å². The maximum Gasteiger partial charge on any atom is 0.268 e. The third-order valence-corrected chi connectivity index (χ3v) is 4.86. The molecule has 0 saturated heterocycles. The number of benzene rings is 1. The largest absolute Gasteiger partial charge is 0.399 e. The minimum atomic E-state index is 0.550. The van der Waals surface area contributed by atoms with Gasteiger partial charge in [-0.2, -0.15) is 4.98 Å². The minimum Gasteiger partial charge on any atom is -0.399 e. The van der Waals surface area contributed by atoms with Gasteiger partial charge in [0, 0.05) is 10.6 Å². The maximum atomic E-state index is 6.11. The monoisotopic (exact) mass is 323 g/mol. The van der Waals surface area contributed by atoms with E-state index in [1.165, 1.54) is 11.8 Å². The molecule has 102 valence electrons. The van der Waals surface area contributed by atoms with Crippen LogP contribution in [-0.4, -0.2) is 10.1 Å². The van der Waals surface area contributed by atoms with E-state index in [1.54, 1.807) is 23.5 Å². The number of nitrogens with two attached hydrogens (primary N) is 1. The summed E-state index contributed by atoms with van der Waals surface area (Å²) in [7, 11) is 0. The molecular formula is C13H10ClN3OS2. The molecule has 0 fully saturated rings. The highest BCUT2D eigenvalue weighted by Crippen LogP contribution is 2.31. The lowest BCUT2D eigenvalue weighted by atomic mass is 10.3. The van der Waals surface area contributed by atoms with E-state index in [9.17, 15) is 0 Å². The Morgan fingerprint density at radius 2 is 2.25 bits per heavy atom. The highest BCUT2D eigenvalue weighted by Gasteiger charge is 2.10. The van der Waals surface area contributed by atoms with E-state index < -0.39 is 0 Å². The molecule has 0 aliphatic heterocycles. The van der Waals surface area contributed by atoms with Gasteiger partial charge in [-0.25, -0.2) is 0 Å². The van der Waals surface area contributed by atoms with Crippen LogP contribution < -0.4 is 5.73 Å². The Labute approximate surface area is 129 Å². The van der Waals surface area contributed by atoms with Gasteiger partial charge in [-0.1, -0.05) is 22.8 Å². The van der Waals surface area contributed by atoms with E-state index in [0.717, 1.165) is 9.77 Å². The normalized spacial score (nSPS) is 10.8. The number of nitrogen functional groups attached to an aromatic ring is 1. The molecule has 0 unspecified atom stereocenters. The van der Waals surface area contributed by atoms with E-state index in [1.807, 2.05) is 23.6 Å². The summed E-state index contributed by atoms with van der Waals surface area (Å²) in [6, 6.07) is 9.30. The summed E-state index contributed by atoms with van der Waals surface area (Å²) in [4.78, 5) is 6.24. The van der Waals surface area contributed by atoms with Crippen molar-refractivity contribution in [2.75, 3.05) is 5.73 Å². The first kappa shape index (κ1) is 13.5. The first-order valence-corrected chi connectivity index (χ1v) is 8.01. The average molecular weight is 324 g/mol. The van der Waals surface area contributed by atoms with Gasteiger partial charge in [0.25, 0.3) is 5.89 Å². The number of aromatic nitrogens is 2. The van der Waals surface area contributed by atoms with Crippen LogP contribution in [0.5, 0.6) is 0 Å². The van der Waals surface area contributed by atoms with Gasteiger partial charge in [0.15, 0.2) is 5.82 Å². The van der Waals surface area contributed by atoms with Crippen LogP contribution in [0, 0.1) is 0 Å². The Morgan fingerprint density at radius 1 is 1.35 bits per heavy atom. The lowest BCUT2D eigenvalue weighted by Gasteiger charge is -2.02. The van der Waals surface area contributed by atoms with Crippen LogP contribution in [0.1, 0.15) is 5.82 Å². The van der Waals surface area contributed by atoms with Crippen molar-refractivity contribution < 1.29 is 4.52 Å². The predicted octanol–water partition coefficient (Wildman–Crippen LogP) is 4.33. The molecular weight excluding hydrogens is 314 g/mol. The molecule has 0 bridgehead atoms. The quantitative estimate of drug-likeness (QED) is 0.572. The summed E-state index contributed by atoms with van der Waals surface area (Å²) in [5.74, 6) is 1.77. The molecule has 1 aromatic carbocycles. The molecule has 0 aliphatic carbocycles. The lowest BCUT2D eigenvalue weighted by Crippen LogP contribution is -1.87. The standard InChI is InChI=1S/C13H10ClN3OS2/c14-9-4-3-8(15)6-11(9)20-7-12-16-13(18-17-12)10-2-1-5-19-10/h1-6H,7,15H2. The van der Waals surface area contributed by atoms with Crippen molar-refractivity contribution in [3.8, 4) is 10.8 Å². The number of anilines is 1. The van der Waals surface area contributed by atoms with E-state index >= 15 is 0 Å². The first-order valence-electron chi connectivity index (χ1n) is 5.76. The zero-order valence-corrected chi connectivity index (χ0v) is 12.6. The van der Waals surface area contributed by atoms with Crippen LogP contribution in [0.15, 0.2) is 45.1 Å². The molecule has 0 spiro atoms. The summed E-state index contributed by atoms with van der Waals surface area (Å²) in [5, 5.41) is 6.61. The molecule has 4 nitrogen and oxygen atoms in total. The van der Waals surface area contributed by atoms with Gasteiger partial charge in [-0.05, 0) is 29.6 Å². The highest BCUT2D eigenvalue weighted by atomic mass is 35.5. The molecule has 0 aliphatic rings. The number of hydrogen-bond acceptors (Lipinski definition) is 6. The SMILES string of the molecule is Nc1ccc(Cl)c(SCc2noc(-c3cccs3)n2)c1. The lowest BCUT2D eigenvalue weighted by molar-refractivity contribution is 0.426. The summed E-state index contributed by atoms with van der Waals surface area (Å²) in [6.07, 6.45) is 0. The van der Waals surface area contributed by atoms with Crippen molar-refractivity contribution >= 4 is 40.4 Å². The number of rotatable bonds is 4. The molecule has 2 heterocycles. The van der Waals surface area contributed by atoms with E-state index in [4.69, 9.17) is 21.9 Å². The number of halogens is 1. The molecule has 7 heteroatoms. The summed E-state index contributed by atoms with van der Waals surface area (Å²) >= 11 is 9.21. The Morgan fingerprint density at radius 3 is 3.05 bits per heavy atom. The van der Waals surface area contributed by atoms with Gasteiger partial charge in [0.05, 0.1) is 15.7 Å². The predicted molar refractivity (Wildman–Crippen MR) is 83.0 cm³/mol. The van der Waals surface area contributed by atoms with Crippen molar-refractivity contribution in [2.24, 2.45) is 0 Å². The van der Waals surface area contributed by atoms with Crippen LogP contribution in [0.3, 0.4) is 0 Å². The zero-order chi connectivity index (χ0) is 13.9. The number of hydrogen-bond donors (Lipinski definition) is 1. The molecule has 0 saturated carbocycles. The van der Waals surface area contributed by atoms with Crippen molar-refractivity contribution in [1.82, 2.24) is 10.1 Å².